The summed E-state index contributed by atoms with van der Waals surface area (Å²) in [6.07, 6.45) is 3.72. The van der Waals surface area contributed by atoms with Crippen LogP contribution >= 0.6 is 0 Å². The van der Waals surface area contributed by atoms with E-state index in [-0.39, 0.29) is 18.1 Å². The van der Waals surface area contributed by atoms with E-state index in [4.69, 9.17) is 9.47 Å². The number of rotatable bonds is 4. The van der Waals surface area contributed by atoms with Crippen LogP contribution in [-0.2, 0) is 9.53 Å². The molecule has 2 aliphatic rings. The summed E-state index contributed by atoms with van der Waals surface area (Å²) in [4.78, 5) is 14.4. The molecule has 2 heterocycles. The average Bonchev–Trinajstić information content (AvgIpc) is 3.17. The molecule has 20 heavy (non-hydrogen) atoms. The summed E-state index contributed by atoms with van der Waals surface area (Å²) in [5.41, 5.74) is 0. The number of nitrogens with zero attached hydrogens (tertiary/aromatic N) is 1. The predicted octanol–water partition coefficient (Wildman–Crippen LogP) is 2.24. The predicted molar refractivity (Wildman–Crippen MR) is 75.6 cm³/mol. The van der Waals surface area contributed by atoms with E-state index in [2.05, 4.69) is 0 Å². The lowest BCUT2D eigenvalue weighted by Crippen LogP contribution is -2.44. The number of carbonyl (C=O) groups excluding carboxylic acids is 1. The van der Waals surface area contributed by atoms with Crippen molar-refractivity contribution < 1.29 is 14.3 Å². The lowest BCUT2D eigenvalue weighted by molar-refractivity contribution is -0.142. The lowest BCUT2D eigenvalue weighted by atomic mass is 10.2. The highest BCUT2D eigenvalue weighted by Gasteiger charge is 2.35. The van der Waals surface area contributed by atoms with E-state index in [1.807, 2.05) is 35.2 Å². The molecular weight excluding hydrogens is 254 g/mol. The number of para-hydroxylation sites is 1. The summed E-state index contributed by atoms with van der Waals surface area (Å²) < 4.78 is 11.3. The highest BCUT2D eigenvalue weighted by atomic mass is 16.5. The van der Waals surface area contributed by atoms with E-state index in [0.717, 1.165) is 44.6 Å². The van der Waals surface area contributed by atoms with Crippen LogP contribution in [0.5, 0.6) is 5.75 Å². The van der Waals surface area contributed by atoms with Crippen LogP contribution < -0.4 is 4.74 Å². The summed E-state index contributed by atoms with van der Waals surface area (Å²) in [5, 5.41) is 0. The van der Waals surface area contributed by atoms with Crippen LogP contribution in [0.1, 0.15) is 25.7 Å². The van der Waals surface area contributed by atoms with E-state index in [1.54, 1.807) is 0 Å². The minimum Gasteiger partial charge on any atom is -0.491 e. The molecule has 108 valence electrons. The third kappa shape index (κ3) is 2.96. The van der Waals surface area contributed by atoms with Gasteiger partial charge in [0.05, 0.1) is 6.04 Å². The van der Waals surface area contributed by atoms with Crippen molar-refractivity contribution in [2.45, 2.75) is 37.8 Å². The van der Waals surface area contributed by atoms with Crippen molar-refractivity contribution in [3.63, 3.8) is 0 Å². The van der Waals surface area contributed by atoms with Crippen molar-refractivity contribution in [2.75, 3.05) is 19.8 Å². The number of hydrogen-bond acceptors (Lipinski definition) is 3. The SMILES string of the molecule is O=C([C@H]1CCCO1)N1CCC[C@H]1COc1ccccc1. The minimum atomic E-state index is -0.215. The van der Waals surface area contributed by atoms with E-state index < -0.39 is 0 Å². The van der Waals surface area contributed by atoms with Crippen molar-refractivity contribution in [3.05, 3.63) is 30.3 Å². The van der Waals surface area contributed by atoms with Gasteiger partial charge in [-0.2, -0.15) is 0 Å². The van der Waals surface area contributed by atoms with Gasteiger partial charge < -0.3 is 14.4 Å². The van der Waals surface area contributed by atoms with Gasteiger partial charge in [-0.1, -0.05) is 18.2 Å². The molecule has 2 atom stereocenters. The topological polar surface area (TPSA) is 38.8 Å². The lowest BCUT2D eigenvalue weighted by Gasteiger charge is -2.27. The van der Waals surface area contributed by atoms with Crippen LogP contribution in [0, 0.1) is 0 Å². The quantitative estimate of drug-likeness (QED) is 0.846. The zero-order valence-corrected chi connectivity index (χ0v) is 11.7. The van der Waals surface area contributed by atoms with Crippen LogP contribution in [0.15, 0.2) is 30.3 Å². The number of likely N-dealkylation sites (tertiary alicyclic amines) is 1. The third-order valence-corrected chi connectivity index (χ3v) is 4.05. The van der Waals surface area contributed by atoms with Gasteiger partial charge in [0.2, 0.25) is 0 Å². The first-order valence-electron chi connectivity index (χ1n) is 7.44. The molecule has 0 spiro atoms. The molecule has 0 radical (unpaired) electrons. The molecule has 2 aliphatic heterocycles. The maximum Gasteiger partial charge on any atom is 0.252 e. The molecule has 0 aliphatic carbocycles. The fourth-order valence-electron chi connectivity index (χ4n) is 2.97. The van der Waals surface area contributed by atoms with Crippen molar-refractivity contribution in [2.24, 2.45) is 0 Å². The molecule has 4 nitrogen and oxygen atoms in total. The first-order valence-corrected chi connectivity index (χ1v) is 7.44. The first kappa shape index (κ1) is 13.4. The molecular formula is C16H21NO3. The minimum absolute atomic E-state index is 0.154. The van der Waals surface area contributed by atoms with Gasteiger partial charge >= 0.3 is 0 Å². The van der Waals surface area contributed by atoms with Crippen LogP contribution in [0.4, 0.5) is 0 Å². The summed E-state index contributed by atoms with van der Waals surface area (Å²) >= 11 is 0. The molecule has 3 rings (SSSR count). The zero-order chi connectivity index (χ0) is 13.8. The molecule has 0 saturated carbocycles. The monoisotopic (exact) mass is 275 g/mol. The van der Waals surface area contributed by atoms with Crippen LogP contribution in [0.3, 0.4) is 0 Å². The summed E-state index contributed by atoms with van der Waals surface area (Å²) in [5.74, 6) is 1.02. The molecule has 0 bridgehead atoms. The summed E-state index contributed by atoms with van der Waals surface area (Å²) in [6, 6.07) is 9.96. The number of carbonyl (C=O) groups is 1. The number of hydrogen-bond donors (Lipinski definition) is 0. The van der Waals surface area contributed by atoms with Crippen LogP contribution in [0.25, 0.3) is 0 Å². The van der Waals surface area contributed by atoms with E-state index in [9.17, 15) is 4.79 Å². The number of ether oxygens (including phenoxy) is 2. The zero-order valence-electron chi connectivity index (χ0n) is 11.7. The largest absolute Gasteiger partial charge is 0.491 e. The Morgan fingerprint density at radius 1 is 1.25 bits per heavy atom. The Kier molecular flexibility index (Phi) is 4.21. The molecule has 1 aromatic rings. The van der Waals surface area contributed by atoms with Gasteiger partial charge in [-0.3, -0.25) is 4.79 Å². The Morgan fingerprint density at radius 2 is 2.10 bits per heavy atom. The maximum absolute atomic E-state index is 12.4. The molecule has 2 fully saturated rings. The number of amides is 1. The van der Waals surface area contributed by atoms with Crippen molar-refractivity contribution >= 4 is 5.91 Å². The highest BCUT2D eigenvalue weighted by Crippen LogP contribution is 2.23. The maximum atomic E-state index is 12.4. The Balaban J connectivity index is 1.56. The van der Waals surface area contributed by atoms with Gasteiger partial charge in [0.15, 0.2) is 0 Å². The fourth-order valence-corrected chi connectivity index (χ4v) is 2.97. The third-order valence-electron chi connectivity index (χ3n) is 4.05. The molecule has 1 amide bonds. The Labute approximate surface area is 119 Å². The normalized spacial score (nSPS) is 25.9. The van der Waals surface area contributed by atoms with Crippen LogP contribution in [-0.4, -0.2) is 42.7 Å². The van der Waals surface area contributed by atoms with E-state index >= 15 is 0 Å². The molecule has 2 saturated heterocycles. The second-order valence-electron chi connectivity index (χ2n) is 5.45. The van der Waals surface area contributed by atoms with Gasteiger partial charge in [-0.15, -0.1) is 0 Å². The second kappa shape index (κ2) is 6.27. The average molecular weight is 275 g/mol. The first-order chi connectivity index (χ1) is 9.84. The standard InChI is InChI=1S/C16H21NO3/c18-16(15-9-5-11-19-15)17-10-4-6-13(17)12-20-14-7-2-1-3-8-14/h1-3,7-8,13,15H,4-6,9-12H2/t13-,15+/m0/s1. The van der Waals surface area contributed by atoms with Gasteiger partial charge in [-0.25, -0.2) is 0 Å². The van der Waals surface area contributed by atoms with Gasteiger partial charge in [-0.05, 0) is 37.8 Å². The van der Waals surface area contributed by atoms with Gasteiger partial charge in [0, 0.05) is 13.2 Å². The molecule has 1 aromatic carbocycles. The Hall–Kier alpha value is -1.55. The molecule has 4 heteroatoms. The van der Waals surface area contributed by atoms with Crippen LogP contribution in [0.2, 0.25) is 0 Å². The summed E-state index contributed by atoms with van der Waals surface area (Å²) in [7, 11) is 0. The molecule has 0 N–H and O–H groups in total. The van der Waals surface area contributed by atoms with Crippen molar-refractivity contribution in [1.82, 2.24) is 4.90 Å². The molecule has 0 unspecified atom stereocenters. The smallest absolute Gasteiger partial charge is 0.252 e. The van der Waals surface area contributed by atoms with Gasteiger partial charge in [0.25, 0.3) is 5.91 Å². The fraction of sp³-hybridized carbons (Fsp3) is 0.562. The van der Waals surface area contributed by atoms with Gasteiger partial charge in [0.1, 0.15) is 18.5 Å². The van der Waals surface area contributed by atoms with Crippen molar-refractivity contribution in [1.29, 1.82) is 0 Å². The van der Waals surface area contributed by atoms with E-state index in [0.29, 0.717) is 6.61 Å². The van der Waals surface area contributed by atoms with Crippen molar-refractivity contribution in [3.8, 4) is 5.75 Å². The second-order valence-corrected chi connectivity index (χ2v) is 5.45. The summed E-state index contributed by atoms with van der Waals surface area (Å²) in [6.45, 7) is 2.12. The Bertz CT molecular complexity index is 442. The number of benzene rings is 1. The Morgan fingerprint density at radius 3 is 2.85 bits per heavy atom. The van der Waals surface area contributed by atoms with E-state index in [1.165, 1.54) is 0 Å². The molecule has 0 aromatic heterocycles. The highest BCUT2D eigenvalue weighted by molar-refractivity contribution is 5.81.